The molecule has 7 nitrogen and oxygen atoms in total. The van der Waals surface area contributed by atoms with Crippen molar-refractivity contribution in [1.82, 2.24) is 0 Å². The van der Waals surface area contributed by atoms with E-state index in [1.165, 1.54) is 19.8 Å². The van der Waals surface area contributed by atoms with Crippen LogP contribution in [-0.4, -0.2) is 58.1 Å². The Labute approximate surface area is 67.9 Å². The zero-order chi connectivity index (χ0) is 2.00. The zero-order valence-electron chi connectivity index (χ0n) is 4.62. The molecule has 64 valence electrons. The van der Waals surface area contributed by atoms with E-state index >= 15 is 0 Å². The van der Waals surface area contributed by atoms with Crippen molar-refractivity contribution in [3.8, 4) is 0 Å². The summed E-state index contributed by atoms with van der Waals surface area (Å²) in [6, 6.07) is 0. The zero-order valence-corrected chi connectivity index (χ0v) is 6.85. The molecule has 0 heterocycles. The van der Waals surface area contributed by atoms with E-state index in [1.807, 2.05) is 0 Å². The van der Waals surface area contributed by atoms with E-state index in [-0.39, 0.29) is 38.3 Å². The fourth-order valence-electron chi connectivity index (χ4n) is 0. The van der Waals surface area contributed by atoms with Gasteiger partial charge in [0.25, 0.3) is 0 Å². The average molecular weight is 182 g/mol. The predicted molar refractivity (Wildman–Crippen MR) is 38.6 cm³/mol. The van der Waals surface area contributed by atoms with Gasteiger partial charge in [-0.25, -0.2) is 0 Å². The standard InChI is InChI=1S/Mg.7H2O.S/h;7*1H2;. The van der Waals surface area contributed by atoms with Gasteiger partial charge in [0.2, 0.25) is 0 Å². The molecule has 0 fully saturated rings. The second-order valence-electron chi connectivity index (χ2n) is 0. The Balaban J connectivity index is -0.000000000238. The minimum atomic E-state index is 0. The van der Waals surface area contributed by atoms with Gasteiger partial charge in [-0.15, -0.1) is 0 Å². The fraction of sp³-hybridized carbons (Fsp3) is 0. The Morgan fingerprint density at radius 1 is 0.444 bits per heavy atom. The molecule has 0 atom stereocenters. The van der Waals surface area contributed by atoms with Crippen LogP contribution in [0.15, 0.2) is 0 Å². The van der Waals surface area contributed by atoms with Crippen molar-refractivity contribution in [2.45, 2.75) is 0 Å². The maximum atomic E-state index is 4.11. The summed E-state index contributed by atoms with van der Waals surface area (Å²) in [4.78, 5) is 0. The molecule has 0 saturated heterocycles. The first-order chi connectivity index (χ1) is 1.00. The summed E-state index contributed by atoms with van der Waals surface area (Å²) < 4.78 is 0. The Hall–Kier alpha value is 0.706. The maximum absolute atomic E-state index is 4.11. The molecule has 0 spiro atoms. The quantitative estimate of drug-likeness (QED) is 0.328. The predicted octanol–water partition coefficient (Wildman–Crippen LogP) is -5.51. The molecule has 0 aliphatic carbocycles. The Morgan fingerprint density at radius 3 is 0.444 bits per heavy atom. The Kier molecular flexibility index (Phi) is 29100. The average Bonchev–Trinajstić information content (AvgIpc) is 1.00. The van der Waals surface area contributed by atoms with Crippen molar-refractivity contribution in [2.24, 2.45) is 0 Å². The van der Waals surface area contributed by atoms with Gasteiger partial charge in [-0.3, -0.25) is 0 Å². The molecule has 0 saturated carbocycles. The number of rotatable bonds is 0. The molecule has 0 aromatic carbocycles. The van der Waals surface area contributed by atoms with Gasteiger partial charge >= 0.3 is 29.3 Å². The van der Waals surface area contributed by atoms with E-state index in [0.29, 0.717) is 0 Å². The third kappa shape index (κ3) is 785. The van der Waals surface area contributed by atoms with Gasteiger partial charge in [0.15, 0.2) is 0 Å². The second kappa shape index (κ2) is 1040. The van der Waals surface area contributed by atoms with Crippen LogP contribution in [0.3, 0.4) is 0 Å². The molecule has 0 radical (unpaired) electrons. The molecule has 9 heavy (non-hydrogen) atoms. The molecular weight excluding hydrogens is 168 g/mol. The van der Waals surface area contributed by atoms with Gasteiger partial charge in [0.05, 0.1) is 0 Å². The van der Waals surface area contributed by atoms with Gasteiger partial charge in [-0.2, -0.15) is 0 Å². The van der Waals surface area contributed by atoms with Gasteiger partial charge in [0, 0.05) is 0 Å². The SMILES string of the molecule is O.O.O.O.O.O.O.[Mg]=[S]. The molecule has 0 aromatic heterocycles. The Bertz CT molecular complexity index is 8.88. The molecule has 14 N–H and O–H groups in total. The van der Waals surface area contributed by atoms with E-state index in [0.717, 1.165) is 0 Å². The molecule has 0 bridgehead atoms. The van der Waals surface area contributed by atoms with Crippen molar-refractivity contribution >= 4 is 29.3 Å². The van der Waals surface area contributed by atoms with Crippen molar-refractivity contribution in [2.75, 3.05) is 0 Å². The fourth-order valence-corrected chi connectivity index (χ4v) is 0. The van der Waals surface area contributed by atoms with E-state index in [1.54, 1.807) is 0 Å². The summed E-state index contributed by atoms with van der Waals surface area (Å²) in [6.07, 6.45) is 0. The van der Waals surface area contributed by atoms with Crippen LogP contribution in [0, 0.1) is 0 Å². The first kappa shape index (κ1) is 253. The van der Waals surface area contributed by atoms with E-state index in [9.17, 15) is 0 Å². The first-order valence-electron chi connectivity index (χ1n) is 0.289. The van der Waals surface area contributed by atoms with E-state index in [4.69, 9.17) is 0 Å². The molecular formula is H14MgO7S. The summed E-state index contributed by atoms with van der Waals surface area (Å²) in [5, 5.41) is 0. The summed E-state index contributed by atoms with van der Waals surface area (Å²) in [7, 11) is 4.11. The van der Waals surface area contributed by atoms with Crippen LogP contribution >= 0.6 is 9.45 Å². The van der Waals surface area contributed by atoms with Crippen molar-refractivity contribution in [1.29, 1.82) is 0 Å². The minimum absolute atomic E-state index is 0. The van der Waals surface area contributed by atoms with Gasteiger partial charge in [-0.1, -0.05) is 0 Å². The molecule has 0 aromatic rings. The first-order valence-corrected chi connectivity index (χ1v) is 2.60. The monoisotopic (exact) mass is 182 g/mol. The van der Waals surface area contributed by atoms with Gasteiger partial charge in [-0.05, 0) is 0 Å². The van der Waals surface area contributed by atoms with Crippen molar-refractivity contribution in [3.63, 3.8) is 0 Å². The van der Waals surface area contributed by atoms with E-state index in [2.05, 4.69) is 9.45 Å². The summed E-state index contributed by atoms with van der Waals surface area (Å²) >= 11 is 1.44. The van der Waals surface area contributed by atoms with E-state index < -0.39 is 0 Å². The molecule has 0 rings (SSSR count). The van der Waals surface area contributed by atoms with Gasteiger partial charge in [0.1, 0.15) is 0 Å². The van der Waals surface area contributed by atoms with Crippen molar-refractivity contribution in [3.05, 3.63) is 0 Å². The van der Waals surface area contributed by atoms with Gasteiger partial charge < -0.3 is 38.3 Å². The second-order valence-corrected chi connectivity index (χ2v) is 0. The topological polar surface area (TPSA) is 220 Å². The van der Waals surface area contributed by atoms with Crippen LogP contribution in [0.1, 0.15) is 0 Å². The summed E-state index contributed by atoms with van der Waals surface area (Å²) in [6.45, 7) is 0. The normalized spacial score (nSPS) is 0.667. The third-order valence-corrected chi connectivity index (χ3v) is 0. The summed E-state index contributed by atoms with van der Waals surface area (Å²) in [5.41, 5.74) is 0. The molecule has 0 amide bonds. The van der Waals surface area contributed by atoms with Crippen LogP contribution in [0.2, 0.25) is 0 Å². The summed E-state index contributed by atoms with van der Waals surface area (Å²) in [5.74, 6) is 0. The van der Waals surface area contributed by atoms with Crippen molar-refractivity contribution < 1.29 is 38.3 Å². The number of hydrogen-bond donors (Lipinski definition) is 0. The van der Waals surface area contributed by atoms with Crippen LogP contribution in [-0.2, 0) is 0 Å². The number of hydrogen-bond acceptors (Lipinski definition) is 1. The van der Waals surface area contributed by atoms with Crippen LogP contribution < -0.4 is 0 Å². The van der Waals surface area contributed by atoms with Crippen LogP contribution in [0.25, 0.3) is 0 Å². The molecule has 0 aliphatic rings. The molecule has 0 aliphatic heterocycles. The van der Waals surface area contributed by atoms with Crippen LogP contribution in [0.5, 0.6) is 0 Å². The third-order valence-electron chi connectivity index (χ3n) is 0. The molecule has 0 unspecified atom stereocenters. The Morgan fingerprint density at radius 2 is 0.444 bits per heavy atom. The van der Waals surface area contributed by atoms with Crippen LogP contribution in [0.4, 0.5) is 0 Å². The molecule has 9 heteroatoms.